The summed E-state index contributed by atoms with van der Waals surface area (Å²) in [4.78, 5) is 22.6. The number of carboxylic acid groups (broad SMARTS) is 1. The maximum Gasteiger partial charge on any atom is 0.339 e. The molecule has 0 saturated carbocycles. The van der Waals surface area contributed by atoms with E-state index in [1.165, 1.54) is 18.2 Å². The summed E-state index contributed by atoms with van der Waals surface area (Å²) in [6, 6.07) is 3.24. The van der Waals surface area contributed by atoms with Gasteiger partial charge >= 0.3 is 12.0 Å². The zero-order valence-electron chi connectivity index (χ0n) is 11.4. The van der Waals surface area contributed by atoms with Gasteiger partial charge in [-0.3, -0.25) is 4.68 Å². The van der Waals surface area contributed by atoms with E-state index in [0.29, 0.717) is 11.4 Å². The lowest BCUT2D eigenvalue weighted by Gasteiger charge is -2.08. The van der Waals surface area contributed by atoms with E-state index in [-0.39, 0.29) is 11.3 Å². The summed E-state index contributed by atoms with van der Waals surface area (Å²) in [5.41, 5.74) is 1.26. The zero-order valence-corrected chi connectivity index (χ0v) is 11.4. The molecular formula is C13H14N4O4. The summed E-state index contributed by atoms with van der Waals surface area (Å²) in [5.74, 6) is -1.66. The fourth-order valence-electron chi connectivity index (χ4n) is 1.80. The van der Waals surface area contributed by atoms with E-state index in [1.807, 2.05) is 0 Å². The third-order valence-electron chi connectivity index (χ3n) is 2.75. The minimum atomic E-state index is -1.24. The highest BCUT2D eigenvalue weighted by molar-refractivity contribution is 6.00. The molecule has 0 aliphatic rings. The van der Waals surface area contributed by atoms with Gasteiger partial charge in [0.2, 0.25) is 0 Å². The van der Waals surface area contributed by atoms with Crippen LogP contribution in [0.15, 0.2) is 24.4 Å². The fraction of sp³-hybridized carbons (Fsp3) is 0.154. The number of carbonyl (C=O) groups excluding carboxylic acids is 1. The molecule has 4 N–H and O–H groups in total. The van der Waals surface area contributed by atoms with Crippen molar-refractivity contribution in [1.29, 1.82) is 0 Å². The number of amides is 2. The van der Waals surface area contributed by atoms with Crippen molar-refractivity contribution >= 4 is 23.4 Å². The Morgan fingerprint density at radius 3 is 2.52 bits per heavy atom. The van der Waals surface area contributed by atoms with Crippen LogP contribution in [-0.4, -0.2) is 32.0 Å². The topological polar surface area (TPSA) is 116 Å². The summed E-state index contributed by atoms with van der Waals surface area (Å²) < 4.78 is 1.57. The molecule has 0 spiro atoms. The van der Waals surface area contributed by atoms with Crippen LogP contribution in [0.5, 0.6) is 5.75 Å². The van der Waals surface area contributed by atoms with E-state index >= 15 is 0 Å². The Morgan fingerprint density at radius 1 is 1.29 bits per heavy atom. The van der Waals surface area contributed by atoms with Crippen molar-refractivity contribution in [3.63, 3.8) is 0 Å². The Morgan fingerprint density at radius 2 is 2.00 bits per heavy atom. The number of rotatable bonds is 3. The zero-order chi connectivity index (χ0) is 15.6. The molecule has 0 aliphatic carbocycles. The Hall–Kier alpha value is -3.03. The molecule has 21 heavy (non-hydrogen) atoms. The number of nitrogens with one attached hydrogen (secondary N) is 2. The van der Waals surface area contributed by atoms with Crippen LogP contribution in [0.4, 0.5) is 16.2 Å². The van der Waals surface area contributed by atoms with Gasteiger partial charge in [-0.25, -0.2) is 9.59 Å². The van der Waals surface area contributed by atoms with Gasteiger partial charge in [0.1, 0.15) is 11.3 Å². The van der Waals surface area contributed by atoms with Gasteiger partial charge in [-0.2, -0.15) is 5.10 Å². The van der Waals surface area contributed by atoms with Crippen molar-refractivity contribution in [2.24, 2.45) is 7.05 Å². The molecule has 0 atom stereocenters. The molecule has 1 aromatic heterocycles. The first-order valence-corrected chi connectivity index (χ1v) is 6.01. The lowest BCUT2D eigenvalue weighted by molar-refractivity contribution is 0.0694. The molecule has 2 rings (SSSR count). The molecule has 1 aromatic carbocycles. The van der Waals surface area contributed by atoms with E-state index in [1.54, 1.807) is 24.9 Å². The molecule has 8 nitrogen and oxygen atoms in total. The number of phenols is 1. The second kappa shape index (κ2) is 5.53. The molecule has 1 heterocycles. The van der Waals surface area contributed by atoms with Crippen molar-refractivity contribution in [2.45, 2.75) is 6.92 Å². The minimum absolute atomic E-state index is 0.232. The normalized spacial score (nSPS) is 10.2. The monoisotopic (exact) mass is 290 g/mol. The average Bonchev–Trinajstić information content (AvgIpc) is 2.67. The lowest BCUT2D eigenvalue weighted by atomic mass is 10.2. The fourth-order valence-corrected chi connectivity index (χ4v) is 1.80. The second-order valence-corrected chi connectivity index (χ2v) is 4.42. The first kappa shape index (κ1) is 14.4. The van der Waals surface area contributed by atoms with E-state index in [0.717, 1.165) is 0 Å². The first-order valence-electron chi connectivity index (χ1n) is 6.01. The summed E-state index contributed by atoms with van der Waals surface area (Å²) in [5, 5.41) is 27.5. The third kappa shape index (κ3) is 3.30. The molecule has 0 unspecified atom stereocenters. The SMILES string of the molecule is Cc1nn(C)cc1NC(=O)Nc1ccc(C(=O)O)c(O)c1. The number of aryl methyl sites for hydroxylation is 2. The van der Waals surface area contributed by atoms with Crippen LogP contribution in [0, 0.1) is 6.92 Å². The van der Waals surface area contributed by atoms with Gasteiger partial charge in [0, 0.05) is 25.0 Å². The quantitative estimate of drug-likeness (QED) is 0.687. The van der Waals surface area contributed by atoms with Gasteiger partial charge in [-0.05, 0) is 19.1 Å². The highest BCUT2D eigenvalue weighted by Crippen LogP contribution is 2.22. The Bertz CT molecular complexity index is 708. The van der Waals surface area contributed by atoms with Gasteiger partial charge < -0.3 is 20.8 Å². The van der Waals surface area contributed by atoms with Gasteiger partial charge in [0.05, 0.1) is 11.4 Å². The van der Waals surface area contributed by atoms with Crippen LogP contribution >= 0.6 is 0 Å². The number of hydrogen-bond acceptors (Lipinski definition) is 4. The smallest absolute Gasteiger partial charge is 0.339 e. The van der Waals surface area contributed by atoms with Crippen LogP contribution in [0.3, 0.4) is 0 Å². The van der Waals surface area contributed by atoms with Gasteiger partial charge in [0.15, 0.2) is 0 Å². The van der Waals surface area contributed by atoms with Crippen molar-refractivity contribution in [1.82, 2.24) is 9.78 Å². The van der Waals surface area contributed by atoms with E-state index < -0.39 is 17.7 Å². The van der Waals surface area contributed by atoms with Crippen LogP contribution < -0.4 is 10.6 Å². The average molecular weight is 290 g/mol. The minimum Gasteiger partial charge on any atom is -0.507 e. The van der Waals surface area contributed by atoms with Gasteiger partial charge in [-0.15, -0.1) is 0 Å². The number of carbonyl (C=O) groups is 2. The molecule has 0 radical (unpaired) electrons. The van der Waals surface area contributed by atoms with E-state index in [4.69, 9.17) is 5.11 Å². The number of hydrogen-bond donors (Lipinski definition) is 4. The maximum atomic E-state index is 11.8. The molecule has 8 heteroatoms. The number of aromatic carboxylic acids is 1. The molecule has 0 saturated heterocycles. The number of anilines is 2. The highest BCUT2D eigenvalue weighted by atomic mass is 16.4. The number of aromatic nitrogens is 2. The van der Waals surface area contributed by atoms with Crippen LogP contribution in [0.25, 0.3) is 0 Å². The second-order valence-electron chi connectivity index (χ2n) is 4.42. The van der Waals surface area contributed by atoms with E-state index in [2.05, 4.69) is 15.7 Å². The molecule has 2 aromatic rings. The number of carboxylic acids is 1. The van der Waals surface area contributed by atoms with Crippen molar-refractivity contribution in [3.05, 3.63) is 35.7 Å². The summed E-state index contributed by atoms with van der Waals surface area (Å²) in [7, 11) is 1.73. The third-order valence-corrected chi connectivity index (χ3v) is 2.75. The molecule has 2 amide bonds. The molecule has 0 aliphatic heterocycles. The van der Waals surface area contributed by atoms with Crippen LogP contribution in [0.1, 0.15) is 16.1 Å². The molecule has 0 fully saturated rings. The standard InChI is InChI=1S/C13H14N4O4/c1-7-10(6-17(2)16-7)15-13(21)14-8-3-4-9(12(19)20)11(18)5-8/h3-6,18H,1-2H3,(H,19,20)(H2,14,15,21). The Balaban J connectivity index is 2.08. The maximum absolute atomic E-state index is 11.8. The van der Waals surface area contributed by atoms with E-state index in [9.17, 15) is 14.7 Å². The van der Waals surface area contributed by atoms with Crippen LogP contribution in [0.2, 0.25) is 0 Å². The number of aromatic hydroxyl groups is 1. The number of benzene rings is 1. The Labute approximate surface area is 120 Å². The molecular weight excluding hydrogens is 276 g/mol. The van der Waals surface area contributed by atoms with Gasteiger partial charge in [0.25, 0.3) is 0 Å². The summed E-state index contributed by atoms with van der Waals surface area (Å²) in [6.07, 6.45) is 1.65. The summed E-state index contributed by atoms with van der Waals surface area (Å²) >= 11 is 0. The molecule has 0 bridgehead atoms. The number of urea groups is 1. The van der Waals surface area contributed by atoms with Gasteiger partial charge in [-0.1, -0.05) is 0 Å². The number of nitrogens with zero attached hydrogens (tertiary/aromatic N) is 2. The van der Waals surface area contributed by atoms with Crippen molar-refractivity contribution < 1.29 is 19.8 Å². The van der Waals surface area contributed by atoms with Crippen molar-refractivity contribution in [2.75, 3.05) is 10.6 Å². The summed E-state index contributed by atoms with van der Waals surface area (Å²) in [6.45, 7) is 1.75. The molecule has 110 valence electrons. The highest BCUT2D eigenvalue weighted by Gasteiger charge is 2.12. The van der Waals surface area contributed by atoms with Crippen molar-refractivity contribution in [3.8, 4) is 5.75 Å². The Kier molecular flexibility index (Phi) is 3.79. The predicted molar refractivity (Wildman–Crippen MR) is 75.7 cm³/mol. The largest absolute Gasteiger partial charge is 0.507 e. The predicted octanol–water partition coefficient (Wildman–Crippen LogP) is 1.78. The van der Waals surface area contributed by atoms with Crippen LogP contribution in [-0.2, 0) is 7.05 Å². The first-order chi connectivity index (χ1) is 9.86. The lowest BCUT2D eigenvalue weighted by Crippen LogP contribution is -2.19.